The molecule has 1 saturated heterocycles. The van der Waals surface area contributed by atoms with Crippen LogP contribution in [0, 0.1) is 20.4 Å². The number of benzene rings is 1. The van der Waals surface area contributed by atoms with Gasteiger partial charge < -0.3 is 5.32 Å². The summed E-state index contributed by atoms with van der Waals surface area (Å²) < 4.78 is 0. The number of hydrogen-bond donors (Lipinski definition) is 1. The molecule has 1 saturated carbocycles. The third-order valence-electron chi connectivity index (χ3n) is 6.67. The van der Waals surface area contributed by atoms with E-state index in [1.807, 2.05) is 26.0 Å². The third kappa shape index (κ3) is 3.67. The minimum atomic E-state index is -1.21. The second kappa shape index (κ2) is 8.81. The van der Waals surface area contributed by atoms with E-state index in [4.69, 9.17) is 6.57 Å². The van der Waals surface area contributed by atoms with Gasteiger partial charge in [0.05, 0.1) is 25.1 Å². The van der Waals surface area contributed by atoms with E-state index in [1.165, 1.54) is 44.2 Å². The Balaban J connectivity index is 0.00000243. The zero-order valence-corrected chi connectivity index (χ0v) is 20.1. The van der Waals surface area contributed by atoms with Gasteiger partial charge in [-0.2, -0.15) is 0 Å². The summed E-state index contributed by atoms with van der Waals surface area (Å²) in [6, 6.07) is 3.77. The van der Waals surface area contributed by atoms with Gasteiger partial charge in [0, 0.05) is 45.7 Å². The van der Waals surface area contributed by atoms with Crippen LogP contribution in [-0.4, -0.2) is 29.5 Å². The molecule has 3 rings (SSSR count). The fourth-order valence-corrected chi connectivity index (χ4v) is 10.8. The second-order valence-electron chi connectivity index (χ2n) is 7.87. The van der Waals surface area contributed by atoms with Gasteiger partial charge in [-0.25, -0.2) is 4.85 Å². The molecule has 1 aromatic rings. The van der Waals surface area contributed by atoms with Crippen molar-refractivity contribution < 1.29 is 37.5 Å². The van der Waals surface area contributed by atoms with Crippen molar-refractivity contribution >= 4 is 24.5 Å². The first kappa shape index (κ1) is 22.0. The van der Waals surface area contributed by atoms with Crippen molar-refractivity contribution in [3.05, 3.63) is 34.7 Å². The summed E-state index contributed by atoms with van der Waals surface area (Å²) in [6.07, 6.45) is 11.2. The average molecular weight is 446 g/mol. The molecule has 1 aliphatic carbocycles. The van der Waals surface area contributed by atoms with E-state index in [9.17, 15) is 4.79 Å². The minimum absolute atomic E-state index is 0. The molecule has 2 aliphatic rings. The van der Waals surface area contributed by atoms with Crippen LogP contribution in [0.25, 0.3) is 4.85 Å². The van der Waals surface area contributed by atoms with E-state index in [0.29, 0.717) is 5.69 Å². The van der Waals surface area contributed by atoms with E-state index in [1.54, 1.807) is 0 Å². The molecule has 137 valence electrons. The maximum atomic E-state index is 13.5. The van der Waals surface area contributed by atoms with Crippen molar-refractivity contribution in [1.82, 2.24) is 0 Å². The predicted molar refractivity (Wildman–Crippen MR) is 108 cm³/mol. The summed E-state index contributed by atoms with van der Waals surface area (Å²) in [7, 11) is -1.21. The van der Waals surface area contributed by atoms with Gasteiger partial charge in [-0.05, 0) is 70.4 Å². The van der Waals surface area contributed by atoms with Crippen molar-refractivity contribution in [1.29, 1.82) is 0 Å². The molecule has 5 heteroatoms. The number of rotatable bonds is 4. The van der Waals surface area contributed by atoms with Gasteiger partial charge in [-0.1, -0.05) is 12.1 Å². The van der Waals surface area contributed by atoms with Crippen molar-refractivity contribution in [2.24, 2.45) is 0 Å². The summed E-state index contributed by atoms with van der Waals surface area (Å²) in [5.41, 5.74) is 3.58. The van der Waals surface area contributed by atoms with E-state index < -0.39 is 7.26 Å². The van der Waals surface area contributed by atoms with Crippen molar-refractivity contribution in [2.75, 3.05) is 23.8 Å². The van der Waals surface area contributed by atoms with Crippen LogP contribution in [0.4, 0.5) is 11.4 Å². The Hall–Kier alpha value is -0.286. The molecule has 1 radical (unpaired) electrons. The first-order chi connectivity index (χ1) is 12.0. The first-order valence-electron chi connectivity index (χ1n) is 9.64. The summed E-state index contributed by atoms with van der Waals surface area (Å²) >= 11 is 0. The first-order valence-corrected chi connectivity index (χ1v) is 12.0. The number of anilines is 1. The number of nitrogens with one attached hydrogen (secondary N) is 1. The van der Waals surface area contributed by atoms with Crippen LogP contribution in [-0.2, 0) is 37.5 Å². The third-order valence-corrected chi connectivity index (χ3v) is 12.7. The van der Waals surface area contributed by atoms with Gasteiger partial charge in [-0.3, -0.25) is 4.79 Å². The number of hydrogen-bond acceptors (Lipinski definition) is 1. The van der Waals surface area contributed by atoms with Crippen LogP contribution in [0.2, 0.25) is 0 Å². The maximum Gasteiger partial charge on any atom is 0.268 e. The average Bonchev–Trinajstić information content (AvgIpc) is 2.57. The zero-order valence-electron chi connectivity index (χ0n) is 16.4. The standard InChI is InChI=1S/C21H29N2OP.Y/c1-5-25(12-7-6-8-13-25)21(10-9-11-21)20(24)23-19-16(2)14-18(22-4)15-17(19)3;/h14-15H,5-13H2,1-3H3;/p+1. The zero-order chi connectivity index (χ0) is 18.1. The molecule has 0 bridgehead atoms. The Morgan fingerprint density at radius 3 is 2.15 bits per heavy atom. The van der Waals surface area contributed by atoms with Gasteiger partial charge in [0.2, 0.25) is 0 Å². The minimum Gasteiger partial charge on any atom is -0.322 e. The molecule has 3 nitrogen and oxygen atoms in total. The Labute approximate surface area is 184 Å². The summed E-state index contributed by atoms with van der Waals surface area (Å²) in [5.74, 6) is 0.276. The molecule has 26 heavy (non-hydrogen) atoms. The monoisotopic (exact) mass is 446 g/mol. The normalized spacial score (nSPS) is 20.2. The molecular weight excluding hydrogens is 416 g/mol. The van der Waals surface area contributed by atoms with Crippen LogP contribution in [0.1, 0.15) is 56.6 Å². The topological polar surface area (TPSA) is 33.5 Å². The molecule has 1 heterocycles. The fourth-order valence-electron chi connectivity index (χ4n) is 5.03. The molecule has 1 amide bonds. The van der Waals surface area contributed by atoms with Gasteiger partial charge >= 0.3 is 0 Å². The Morgan fingerprint density at radius 2 is 1.73 bits per heavy atom. The van der Waals surface area contributed by atoms with E-state index >= 15 is 0 Å². The summed E-state index contributed by atoms with van der Waals surface area (Å²) in [5, 5.41) is 3.24. The van der Waals surface area contributed by atoms with Gasteiger partial charge in [0.1, 0.15) is 0 Å². The largest absolute Gasteiger partial charge is 0.322 e. The van der Waals surface area contributed by atoms with Crippen LogP contribution in [0.15, 0.2) is 12.1 Å². The summed E-state index contributed by atoms with van der Waals surface area (Å²) in [4.78, 5) is 17.0. The van der Waals surface area contributed by atoms with Crippen molar-refractivity contribution in [3.63, 3.8) is 0 Å². The van der Waals surface area contributed by atoms with E-state index in [0.717, 1.165) is 29.7 Å². The Bertz CT molecular complexity index is 692. The quantitative estimate of drug-likeness (QED) is 0.451. The van der Waals surface area contributed by atoms with E-state index in [2.05, 4.69) is 17.1 Å². The maximum absolute atomic E-state index is 13.5. The molecule has 0 atom stereocenters. The molecule has 0 aromatic heterocycles. The van der Waals surface area contributed by atoms with Gasteiger partial charge in [-0.15, -0.1) is 0 Å². The number of amides is 1. The number of aryl methyl sites for hydroxylation is 2. The molecular formula is C21H30N2OPY+. The van der Waals surface area contributed by atoms with Crippen molar-refractivity contribution in [2.45, 2.75) is 64.5 Å². The molecule has 1 N–H and O–H groups in total. The Kier molecular flexibility index (Phi) is 7.46. The number of carbonyl (C=O) groups is 1. The molecule has 2 fully saturated rings. The molecule has 1 aliphatic heterocycles. The van der Waals surface area contributed by atoms with E-state index in [-0.39, 0.29) is 43.8 Å². The van der Waals surface area contributed by atoms with Crippen LogP contribution >= 0.6 is 7.26 Å². The van der Waals surface area contributed by atoms with Crippen LogP contribution in [0.5, 0.6) is 0 Å². The fraction of sp³-hybridized carbons (Fsp3) is 0.619. The Morgan fingerprint density at radius 1 is 1.15 bits per heavy atom. The number of carbonyl (C=O) groups excluding carboxylic acids is 1. The predicted octanol–water partition coefficient (Wildman–Crippen LogP) is 5.93. The van der Waals surface area contributed by atoms with Gasteiger partial charge in [0.15, 0.2) is 10.8 Å². The summed E-state index contributed by atoms with van der Waals surface area (Å²) in [6.45, 7) is 13.5. The molecule has 0 spiro atoms. The number of nitrogens with zero attached hydrogens (tertiary/aromatic N) is 1. The van der Waals surface area contributed by atoms with Gasteiger partial charge in [0.25, 0.3) is 5.91 Å². The SMILES string of the molecule is [C-]#[N+]c1cc(C)c(NC(=O)C2([P+]3(CC)CCCCC3)CCC2)c(C)c1.[Y]. The van der Waals surface area contributed by atoms with Crippen molar-refractivity contribution in [3.8, 4) is 0 Å². The van der Waals surface area contributed by atoms with Crippen LogP contribution < -0.4 is 5.32 Å². The van der Waals surface area contributed by atoms with Crippen LogP contribution in [0.3, 0.4) is 0 Å². The second-order valence-corrected chi connectivity index (χ2v) is 12.5. The smallest absolute Gasteiger partial charge is 0.268 e. The molecule has 0 unspecified atom stereocenters. The molecule has 1 aromatic carbocycles.